The van der Waals surface area contributed by atoms with Crippen LogP contribution in [-0.2, 0) is 0 Å². The Labute approximate surface area is 105 Å². The Kier molecular flexibility index (Phi) is 5.73. The average molecular weight is 296 g/mol. The van der Waals surface area contributed by atoms with Crippen LogP contribution in [0, 0.1) is 5.41 Å². The van der Waals surface area contributed by atoms with Gasteiger partial charge in [-0.05, 0) is 33.6 Å². The van der Waals surface area contributed by atoms with Crippen LogP contribution >= 0.6 is 28.3 Å². The summed E-state index contributed by atoms with van der Waals surface area (Å²) in [6.45, 7) is 3.94. The Bertz CT molecular complexity index is 320. The first-order valence-electron chi connectivity index (χ1n) is 4.45. The van der Waals surface area contributed by atoms with Crippen molar-refractivity contribution in [3.63, 3.8) is 0 Å². The molecular formula is C10H16BrClN2O. The van der Waals surface area contributed by atoms with Crippen molar-refractivity contribution in [3.8, 4) is 0 Å². The third kappa shape index (κ3) is 3.72. The number of aliphatic hydroxyl groups is 1. The lowest BCUT2D eigenvalue weighted by molar-refractivity contribution is 0.132. The van der Waals surface area contributed by atoms with E-state index in [1.165, 1.54) is 0 Å². The maximum absolute atomic E-state index is 9.19. The van der Waals surface area contributed by atoms with E-state index in [0.29, 0.717) is 0 Å². The molecule has 3 nitrogen and oxygen atoms in total. The Morgan fingerprint density at radius 3 is 2.67 bits per heavy atom. The summed E-state index contributed by atoms with van der Waals surface area (Å²) >= 11 is 3.29. The molecule has 0 aliphatic heterocycles. The highest BCUT2D eigenvalue weighted by Gasteiger charge is 2.26. The first kappa shape index (κ1) is 14.8. The molecule has 0 radical (unpaired) electrons. The number of pyridine rings is 1. The maximum atomic E-state index is 9.19. The fraction of sp³-hybridized carbons (Fsp3) is 0.500. The van der Waals surface area contributed by atoms with E-state index in [4.69, 9.17) is 5.73 Å². The first-order valence-corrected chi connectivity index (χ1v) is 5.24. The maximum Gasteiger partial charge on any atom is 0.106 e. The van der Waals surface area contributed by atoms with E-state index in [1.807, 2.05) is 26.0 Å². The van der Waals surface area contributed by atoms with Gasteiger partial charge in [-0.3, -0.25) is 0 Å². The molecule has 0 saturated carbocycles. The summed E-state index contributed by atoms with van der Waals surface area (Å²) in [5.41, 5.74) is 6.70. The van der Waals surface area contributed by atoms with Gasteiger partial charge in [0, 0.05) is 24.3 Å². The van der Waals surface area contributed by atoms with Crippen molar-refractivity contribution < 1.29 is 5.11 Å². The molecule has 0 fully saturated rings. The second-order valence-electron chi connectivity index (χ2n) is 4.04. The number of halogens is 2. The summed E-state index contributed by atoms with van der Waals surface area (Å²) in [7, 11) is 0. The van der Waals surface area contributed by atoms with Crippen molar-refractivity contribution in [3.05, 3.63) is 28.5 Å². The number of rotatable bonds is 3. The van der Waals surface area contributed by atoms with E-state index in [9.17, 15) is 5.11 Å². The normalized spacial score (nSPS) is 13.1. The number of hydrogen-bond acceptors (Lipinski definition) is 3. The molecule has 0 amide bonds. The van der Waals surface area contributed by atoms with Gasteiger partial charge in [-0.2, -0.15) is 0 Å². The molecular weight excluding hydrogens is 279 g/mol. The van der Waals surface area contributed by atoms with Gasteiger partial charge < -0.3 is 10.8 Å². The summed E-state index contributed by atoms with van der Waals surface area (Å²) in [6, 6.07) is 3.56. The molecule has 1 atom stereocenters. The fourth-order valence-corrected chi connectivity index (χ4v) is 1.54. The van der Waals surface area contributed by atoms with Crippen LogP contribution in [0.1, 0.15) is 25.5 Å². The molecule has 3 N–H and O–H groups in total. The second-order valence-corrected chi connectivity index (χ2v) is 4.85. The van der Waals surface area contributed by atoms with Crippen LogP contribution in [0.25, 0.3) is 0 Å². The number of nitrogens with zero attached hydrogens (tertiary/aromatic N) is 1. The van der Waals surface area contributed by atoms with Gasteiger partial charge in [-0.15, -0.1) is 12.4 Å². The van der Waals surface area contributed by atoms with E-state index in [2.05, 4.69) is 20.9 Å². The number of aliphatic hydroxyl groups excluding tert-OH is 1. The average Bonchev–Trinajstić information content (AvgIpc) is 2.16. The molecule has 0 spiro atoms. The van der Waals surface area contributed by atoms with Crippen molar-refractivity contribution >= 4 is 28.3 Å². The van der Waals surface area contributed by atoms with Crippen molar-refractivity contribution in [1.29, 1.82) is 0 Å². The van der Waals surface area contributed by atoms with Crippen molar-refractivity contribution in [2.75, 3.05) is 6.61 Å². The lowest BCUT2D eigenvalue weighted by Crippen LogP contribution is -2.32. The van der Waals surface area contributed by atoms with E-state index >= 15 is 0 Å². The summed E-state index contributed by atoms with van der Waals surface area (Å²) in [4.78, 5) is 4.03. The number of hydrogen-bond donors (Lipinski definition) is 2. The van der Waals surface area contributed by atoms with Gasteiger partial charge in [0.2, 0.25) is 0 Å². The standard InChI is InChI=1S/C10H15BrN2O.ClH/c1-10(2,6-14)9(12)7-3-4-13-8(11)5-7;/h3-5,9,14H,6,12H2,1-2H3;1H/t9-;/m1./s1. The fourth-order valence-electron chi connectivity index (χ4n) is 1.16. The van der Waals surface area contributed by atoms with E-state index in [-0.39, 0.29) is 30.5 Å². The number of nitrogens with two attached hydrogens (primary N) is 1. The molecule has 1 heterocycles. The molecule has 86 valence electrons. The van der Waals surface area contributed by atoms with Crippen LogP contribution in [-0.4, -0.2) is 16.7 Å². The zero-order valence-corrected chi connectivity index (χ0v) is 11.2. The van der Waals surface area contributed by atoms with Crippen LogP contribution < -0.4 is 5.73 Å². The van der Waals surface area contributed by atoms with Gasteiger partial charge in [-0.25, -0.2) is 4.98 Å². The van der Waals surface area contributed by atoms with E-state index < -0.39 is 0 Å². The molecule has 0 aliphatic rings. The molecule has 0 bridgehead atoms. The second kappa shape index (κ2) is 5.80. The molecule has 15 heavy (non-hydrogen) atoms. The summed E-state index contributed by atoms with van der Waals surface area (Å²) in [5, 5.41) is 9.19. The first-order chi connectivity index (χ1) is 6.47. The monoisotopic (exact) mass is 294 g/mol. The topological polar surface area (TPSA) is 59.1 Å². The van der Waals surface area contributed by atoms with Crippen molar-refractivity contribution in [2.45, 2.75) is 19.9 Å². The molecule has 0 aromatic carbocycles. The van der Waals surface area contributed by atoms with Gasteiger partial charge in [0.05, 0.1) is 0 Å². The smallest absolute Gasteiger partial charge is 0.106 e. The third-order valence-corrected chi connectivity index (χ3v) is 2.79. The van der Waals surface area contributed by atoms with Gasteiger partial charge in [-0.1, -0.05) is 13.8 Å². The third-order valence-electron chi connectivity index (χ3n) is 2.36. The predicted molar refractivity (Wildman–Crippen MR) is 67.0 cm³/mol. The van der Waals surface area contributed by atoms with Gasteiger partial charge in [0.15, 0.2) is 0 Å². The van der Waals surface area contributed by atoms with Crippen molar-refractivity contribution in [2.24, 2.45) is 11.1 Å². The minimum atomic E-state index is -0.319. The lowest BCUT2D eigenvalue weighted by Gasteiger charge is -2.29. The predicted octanol–water partition coefficient (Wildman–Crippen LogP) is 2.28. The largest absolute Gasteiger partial charge is 0.396 e. The molecule has 1 aromatic rings. The van der Waals surface area contributed by atoms with Crippen LogP contribution in [0.5, 0.6) is 0 Å². The molecule has 0 unspecified atom stereocenters. The quantitative estimate of drug-likeness (QED) is 0.841. The number of aromatic nitrogens is 1. The molecule has 5 heteroatoms. The summed E-state index contributed by atoms with van der Waals surface area (Å²) in [5.74, 6) is 0. The summed E-state index contributed by atoms with van der Waals surface area (Å²) in [6.07, 6.45) is 1.70. The molecule has 0 saturated heterocycles. The summed E-state index contributed by atoms with van der Waals surface area (Å²) < 4.78 is 0.763. The Hall–Kier alpha value is -0.160. The molecule has 1 rings (SSSR count). The highest BCUT2D eigenvalue weighted by atomic mass is 79.9. The minimum absolute atomic E-state index is 0. The Morgan fingerprint density at radius 2 is 2.20 bits per heavy atom. The van der Waals surface area contributed by atoms with Crippen LogP contribution in [0.3, 0.4) is 0 Å². The van der Waals surface area contributed by atoms with E-state index in [0.717, 1.165) is 10.2 Å². The van der Waals surface area contributed by atoms with Gasteiger partial charge in [0.1, 0.15) is 4.60 Å². The van der Waals surface area contributed by atoms with Crippen LogP contribution in [0.15, 0.2) is 22.9 Å². The zero-order chi connectivity index (χ0) is 10.8. The molecule has 0 aliphatic carbocycles. The zero-order valence-electron chi connectivity index (χ0n) is 8.77. The van der Waals surface area contributed by atoms with Crippen LogP contribution in [0.4, 0.5) is 0 Å². The minimum Gasteiger partial charge on any atom is -0.396 e. The Balaban J connectivity index is 0.00000196. The van der Waals surface area contributed by atoms with E-state index in [1.54, 1.807) is 6.20 Å². The highest BCUT2D eigenvalue weighted by Crippen LogP contribution is 2.30. The van der Waals surface area contributed by atoms with Crippen molar-refractivity contribution in [1.82, 2.24) is 4.98 Å². The van der Waals surface area contributed by atoms with Gasteiger partial charge >= 0.3 is 0 Å². The highest BCUT2D eigenvalue weighted by molar-refractivity contribution is 9.10. The van der Waals surface area contributed by atoms with Gasteiger partial charge in [0.25, 0.3) is 0 Å². The molecule has 1 aromatic heterocycles. The SMILES string of the molecule is CC(C)(CO)[C@H](N)c1ccnc(Br)c1.Cl. The lowest BCUT2D eigenvalue weighted by atomic mass is 9.82. The Morgan fingerprint density at radius 1 is 1.60 bits per heavy atom. The van der Waals surface area contributed by atoms with Crippen LogP contribution in [0.2, 0.25) is 0 Å².